The molecule has 0 bridgehead atoms. The first-order valence-electron chi connectivity index (χ1n) is 5.53. The summed E-state index contributed by atoms with van der Waals surface area (Å²) >= 11 is 5.02. The van der Waals surface area contributed by atoms with E-state index in [4.69, 9.17) is 0 Å². The van der Waals surface area contributed by atoms with Crippen molar-refractivity contribution in [3.63, 3.8) is 0 Å². The Morgan fingerprint density at radius 3 is 2.56 bits per heavy atom. The predicted octanol–water partition coefficient (Wildman–Crippen LogP) is 3.13. The largest absolute Gasteiger partial charge is 0.243 e. The summed E-state index contributed by atoms with van der Waals surface area (Å²) in [5, 5.41) is 0. The summed E-state index contributed by atoms with van der Waals surface area (Å²) < 4.78 is 27.2. The lowest BCUT2D eigenvalue weighted by atomic mass is 10.2. The van der Waals surface area contributed by atoms with Crippen LogP contribution in [0.5, 0.6) is 0 Å². The van der Waals surface area contributed by atoms with Crippen LogP contribution in [0.25, 0.3) is 0 Å². The zero-order valence-electron chi connectivity index (χ0n) is 11.0. The Labute approximate surface area is 122 Å². The van der Waals surface area contributed by atoms with Gasteiger partial charge in [0.1, 0.15) is 0 Å². The van der Waals surface area contributed by atoms with Gasteiger partial charge in [-0.15, -0.1) is 0 Å². The molecule has 0 spiro atoms. The monoisotopic (exact) mass is 351 g/mol. The Balaban J connectivity index is 3.09. The molecule has 6 heteroatoms. The molecule has 18 heavy (non-hydrogen) atoms. The highest BCUT2D eigenvalue weighted by atomic mass is 79.9. The summed E-state index contributed by atoms with van der Waals surface area (Å²) in [6.07, 6.45) is 1.97. The maximum atomic E-state index is 12.4. The van der Waals surface area contributed by atoms with Crippen LogP contribution in [0, 0.1) is 6.92 Å². The van der Waals surface area contributed by atoms with Crippen molar-refractivity contribution in [3.8, 4) is 0 Å². The number of nitrogens with zero attached hydrogens (tertiary/aromatic N) is 1. The van der Waals surface area contributed by atoms with Gasteiger partial charge in [-0.05, 0) is 43.9 Å². The molecular weight excluding hydrogens is 334 g/mol. The first-order valence-corrected chi connectivity index (χ1v) is 9.16. The lowest BCUT2D eigenvalue weighted by Crippen LogP contribution is -2.36. The van der Waals surface area contributed by atoms with E-state index in [0.717, 1.165) is 15.8 Å². The van der Waals surface area contributed by atoms with Gasteiger partial charge in [0.05, 0.1) is 4.90 Å². The Morgan fingerprint density at radius 1 is 1.44 bits per heavy atom. The fourth-order valence-corrected chi connectivity index (χ4v) is 4.02. The number of sulfonamides is 1. The quantitative estimate of drug-likeness (QED) is 0.817. The van der Waals surface area contributed by atoms with E-state index in [1.54, 1.807) is 37.0 Å². The van der Waals surface area contributed by atoms with E-state index in [9.17, 15) is 8.42 Å². The van der Waals surface area contributed by atoms with E-state index in [1.807, 2.05) is 20.1 Å². The average molecular weight is 352 g/mol. The highest BCUT2D eigenvalue weighted by Crippen LogP contribution is 2.23. The molecule has 1 aromatic carbocycles. The van der Waals surface area contributed by atoms with Crippen LogP contribution in [-0.4, -0.2) is 37.8 Å². The van der Waals surface area contributed by atoms with Gasteiger partial charge in [0.25, 0.3) is 0 Å². The Bertz CT molecular complexity index is 517. The Kier molecular flexibility index (Phi) is 5.70. The smallest absolute Gasteiger partial charge is 0.207 e. The third-order valence-corrected chi connectivity index (χ3v) is 6.51. The van der Waals surface area contributed by atoms with Crippen molar-refractivity contribution in [2.24, 2.45) is 0 Å². The van der Waals surface area contributed by atoms with Crippen LogP contribution >= 0.6 is 27.7 Å². The maximum Gasteiger partial charge on any atom is 0.243 e. The third-order valence-electron chi connectivity index (χ3n) is 2.83. The number of aryl methyl sites for hydroxylation is 1. The summed E-state index contributed by atoms with van der Waals surface area (Å²) in [5.41, 5.74) is 0.919. The highest BCUT2D eigenvalue weighted by Gasteiger charge is 2.25. The second kappa shape index (κ2) is 6.41. The van der Waals surface area contributed by atoms with Crippen molar-refractivity contribution < 1.29 is 8.42 Å². The molecule has 0 saturated heterocycles. The highest BCUT2D eigenvalue weighted by molar-refractivity contribution is 9.10. The second-order valence-electron chi connectivity index (χ2n) is 4.24. The number of rotatable bonds is 5. The topological polar surface area (TPSA) is 37.4 Å². The van der Waals surface area contributed by atoms with Crippen molar-refractivity contribution in [1.29, 1.82) is 0 Å². The van der Waals surface area contributed by atoms with Crippen LogP contribution in [0.15, 0.2) is 27.6 Å². The molecule has 0 aliphatic carbocycles. The third kappa shape index (κ3) is 3.50. The summed E-state index contributed by atoms with van der Waals surface area (Å²) in [6.45, 7) is 3.80. The number of benzene rings is 1. The molecule has 1 rings (SSSR count). The minimum absolute atomic E-state index is 0.0195. The Hall–Kier alpha value is -0.0400. The second-order valence-corrected chi connectivity index (χ2v) is 8.00. The number of hydrogen-bond donors (Lipinski definition) is 0. The molecule has 0 aromatic heterocycles. The SMILES string of the molecule is CSCC(C)N(C)S(=O)(=O)c1ccc(Br)c(C)c1. The van der Waals surface area contributed by atoms with Gasteiger partial charge in [-0.1, -0.05) is 15.9 Å². The first kappa shape index (κ1) is 16.0. The number of hydrogen-bond acceptors (Lipinski definition) is 3. The van der Waals surface area contributed by atoms with Crippen LogP contribution in [0.1, 0.15) is 12.5 Å². The average Bonchev–Trinajstić information content (AvgIpc) is 2.31. The standard InChI is InChI=1S/C12H18BrNO2S2/c1-9-7-11(5-6-12(9)13)18(15,16)14(3)10(2)8-17-4/h5-7,10H,8H2,1-4H3. The van der Waals surface area contributed by atoms with Crippen molar-refractivity contribution >= 4 is 37.7 Å². The molecule has 1 unspecified atom stereocenters. The van der Waals surface area contributed by atoms with Crippen LogP contribution < -0.4 is 0 Å². The van der Waals surface area contributed by atoms with Gasteiger partial charge in [0.2, 0.25) is 10.0 Å². The van der Waals surface area contributed by atoms with Gasteiger partial charge < -0.3 is 0 Å². The molecular formula is C12H18BrNO2S2. The van der Waals surface area contributed by atoms with Crippen molar-refractivity contribution in [3.05, 3.63) is 28.2 Å². The lowest BCUT2D eigenvalue weighted by molar-refractivity contribution is 0.415. The van der Waals surface area contributed by atoms with Gasteiger partial charge in [-0.2, -0.15) is 16.1 Å². The van der Waals surface area contributed by atoms with E-state index in [-0.39, 0.29) is 6.04 Å². The van der Waals surface area contributed by atoms with Crippen LogP contribution in [0.3, 0.4) is 0 Å². The fraction of sp³-hybridized carbons (Fsp3) is 0.500. The maximum absolute atomic E-state index is 12.4. The normalized spacial score (nSPS) is 13.9. The van der Waals surface area contributed by atoms with Crippen LogP contribution in [0.2, 0.25) is 0 Å². The van der Waals surface area contributed by atoms with E-state index in [0.29, 0.717) is 4.90 Å². The summed E-state index contributed by atoms with van der Waals surface area (Å²) in [5.74, 6) is 0.783. The van der Waals surface area contributed by atoms with Crippen LogP contribution in [-0.2, 0) is 10.0 Å². The molecule has 0 heterocycles. The Morgan fingerprint density at radius 2 is 2.06 bits per heavy atom. The van der Waals surface area contributed by atoms with Gasteiger partial charge in [0.15, 0.2) is 0 Å². The van der Waals surface area contributed by atoms with E-state index >= 15 is 0 Å². The number of thioether (sulfide) groups is 1. The van der Waals surface area contributed by atoms with Gasteiger partial charge in [0, 0.05) is 23.3 Å². The lowest BCUT2D eigenvalue weighted by Gasteiger charge is -2.23. The van der Waals surface area contributed by atoms with Crippen LogP contribution in [0.4, 0.5) is 0 Å². The molecule has 1 atom stereocenters. The minimum Gasteiger partial charge on any atom is -0.207 e. The van der Waals surface area contributed by atoms with Gasteiger partial charge in [-0.3, -0.25) is 0 Å². The molecule has 0 amide bonds. The van der Waals surface area contributed by atoms with Crippen molar-refractivity contribution in [1.82, 2.24) is 4.31 Å². The predicted molar refractivity (Wildman–Crippen MR) is 81.7 cm³/mol. The first-order chi connectivity index (χ1) is 8.30. The summed E-state index contributed by atoms with van der Waals surface area (Å²) in [6, 6.07) is 5.08. The van der Waals surface area contributed by atoms with Gasteiger partial charge >= 0.3 is 0 Å². The minimum atomic E-state index is -3.40. The van der Waals surface area contributed by atoms with E-state index in [2.05, 4.69) is 15.9 Å². The molecule has 0 aliphatic heterocycles. The van der Waals surface area contributed by atoms with E-state index < -0.39 is 10.0 Å². The molecule has 0 aliphatic rings. The zero-order chi connectivity index (χ0) is 13.9. The van der Waals surface area contributed by atoms with Crippen molar-refractivity contribution in [2.75, 3.05) is 19.1 Å². The molecule has 0 radical (unpaired) electrons. The molecule has 3 nitrogen and oxygen atoms in total. The molecule has 102 valence electrons. The fourth-order valence-electron chi connectivity index (χ4n) is 1.53. The molecule has 0 N–H and O–H groups in total. The summed E-state index contributed by atoms with van der Waals surface area (Å²) in [7, 11) is -1.77. The summed E-state index contributed by atoms with van der Waals surface area (Å²) in [4.78, 5) is 0.346. The van der Waals surface area contributed by atoms with Crippen molar-refractivity contribution in [2.45, 2.75) is 24.8 Å². The molecule has 0 saturated carbocycles. The number of halogens is 1. The van der Waals surface area contributed by atoms with E-state index in [1.165, 1.54) is 4.31 Å². The molecule has 1 aromatic rings. The zero-order valence-corrected chi connectivity index (χ0v) is 14.2. The van der Waals surface area contributed by atoms with Gasteiger partial charge in [-0.25, -0.2) is 8.42 Å². The molecule has 0 fully saturated rings.